The van der Waals surface area contributed by atoms with E-state index in [0.29, 0.717) is 6.54 Å². The molecule has 23 heavy (non-hydrogen) atoms. The number of carbonyl (C=O) groups is 1. The minimum atomic E-state index is -0.0132. The molecule has 0 saturated carbocycles. The molecule has 0 heterocycles. The maximum absolute atomic E-state index is 12.4. The number of aryl methyl sites for hydroxylation is 1. The lowest BCUT2D eigenvalue weighted by Crippen LogP contribution is -2.26. The number of benzene rings is 2. The third-order valence-electron chi connectivity index (χ3n) is 4.24. The molecule has 2 aromatic rings. The Bertz CT molecular complexity index is 648. The van der Waals surface area contributed by atoms with Crippen LogP contribution in [0.4, 0.5) is 0 Å². The summed E-state index contributed by atoms with van der Waals surface area (Å²) in [6.07, 6.45) is 0. The van der Waals surface area contributed by atoms with E-state index in [2.05, 4.69) is 42.3 Å². The molecule has 0 bridgehead atoms. The van der Waals surface area contributed by atoms with E-state index in [1.165, 1.54) is 11.1 Å². The molecular formula is C20H26N2O. The first-order valence-corrected chi connectivity index (χ1v) is 8.28. The molecule has 3 heteroatoms. The van der Waals surface area contributed by atoms with Gasteiger partial charge in [-0.3, -0.25) is 9.69 Å². The molecule has 0 aliphatic rings. The lowest BCUT2D eigenvalue weighted by molar-refractivity contribution is 0.0950. The van der Waals surface area contributed by atoms with Crippen LogP contribution in [-0.2, 0) is 13.1 Å². The average molecular weight is 310 g/mol. The van der Waals surface area contributed by atoms with Crippen LogP contribution in [-0.4, -0.2) is 23.9 Å². The van der Waals surface area contributed by atoms with Crippen molar-refractivity contribution >= 4 is 5.91 Å². The number of nitrogens with one attached hydrogen (secondary N) is 1. The highest BCUT2D eigenvalue weighted by Gasteiger charge is 2.10. The Morgan fingerprint density at radius 2 is 1.57 bits per heavy atom. The van der Waals surface area contributed by atoms with E-state index < -0.39 is 0 Å². The normalized spacial score (nSPS) is 10.8. The Balaban J connectivity index is 2.06. The van der Waals surface area contributed by atoms with Crippen molar-refractivity contribution in [2.24, 2.45) is 0 Å². The third kappa shape index (κ3) is 4.67. The van der Waals surface area contributed by atoms with Crippen molar-refractivity contribution in [1.82, 2.24) is 10.2 Å². The van der Waals surface area contributed by atoms with Crippen molar-refractivity contribution in [3.8, 4) is 0 Å². The Morgan fingerprint density at radius 3 is 2.22 bits per heavy atom. The zero-order valence-electron chi connectivity index (χ0n) is 14.3. The Labute approximate surface area is 139 Å². The molecule has 0 aliphatic carbocycles. The molecule has 0 aliphatic heterocycles. The van der Waals surface area contributed by atoms with Crippen molar-refractivity contribution in [1.29, 1.82) is 0 Å². The standard InChI is InChI=1S/C20H26N2O/c1-4-22(5-2)15-18-12-8-7-11-17(18)14-21-20(23)19-13-9-6-10-16(19)3/h6-13H,4-5,14-15H2,1-3H3,(H,21,23). The highest BCUT2D eigenvalue weighted by atomic mass is 16.1. The van der Waals surface area contributed by atoms with Gasteiger partial charge < -0.3 is 5.32 Å². The van der Waals surface area contributed by atoms with Gasteiger partial charge in [-0.05, 0) is 42.8 Å². The molecule has 0 fully saturated rings. The highest BCUT2D eigenvalue weighted by Crippen LogP contribution is 2.13. The lowest BCUT2D eigenvalue weighted by atomic mass is 10.1. The highest BCUT2D eigenvalue weighted by molar-refractivity contribution is 5.95. The predicted molar refractivity (Wildman–Crippen MR) is 95.4 cm³/mol. The molecule has 1 N–H and O–H groups in total. The van der Waals surface area contributed by atoms with Crippen molar-refractivity contribution in [3.05, 3.63) is 70.8 Å². The molecule has 1 amide bonds. The zero-order valence-corrected chi connectivity index (χ0v) is 14.3. The molecule has 3 nitrogen and oxygen atoms in total. The van der Waals surface area contributed by atoms with E-state index in [0.717, 1.165) is 30.8 Å². The number of nitrogens with zero attached hydrogens (tertiary/aromatic N) is 1. The first kappa shape index (κ1) is 17.2. The molecule has 0 unspecified atom stereocenters. The second-order valence-corrected chi connectivity index (χ2v) is 5.73. The first-order chi connectivity index (χ1) is 11.2. The van der Waals surface area contributed by atoms with E-state index in [1.54, 1.807) is 0 Å². The summed E-state index contributed by atoms with van der Waals surface area (Å²) in [4.78, 5) is 14.7. The molecular weight excluding hydrogens is 284 g/mol. The maximum Gasteiger partial charge on any atom is 0.251 e. The minimum Gasteiger partial charge on any atom is -0.348 e. The van der Waals surface area contributed by atoms with Crippen LogP contribution in [0.5, 0.6) is 0 Å². The largest absolute Gasteiger partial charge is 0.348 e. The van der Waals surface area contributed by atoms with Gasteiger partial charge in [0.15, 0.2) is 0 Å². The summed E-state index contributed by atoms with van der Waals surface area (Å²) >= 11 is 0. The zero-order chi connectivity index (χ0) is 16.7. The van der Waals surface area contributed by atoms with Gasteiger partial charge in [0, 0.05) is 18.7 Å². The number of carbonyl (C=O) groups excluding carboxylic acids is 1. The van der Waals surface area contributed by atoms with Crippen LogP contribution in [0.2, 0.25) is 0 Å². The first-order valence-electron chi connectivity index (χ1n) is 8.28. The van der Waals surface area contributed by atoms with Crippen molar-refractivity contribution in [3.63, 3.8) is 0 Å². The molecule has 2 rings (SSSR count). The Hall–Kier alpha value is -2.13. The summed E-state index contributed by atoms with van der Waals surface area (Å²) in [5, 5.41) is 3.05. The van der Waals surface area contributed by atoms with Gasteiger partial charge in [0.05, 0.1) is 0 Å². The van der Waals surface area contributed by atoms with Gasteiger partial charge >= 0.3 is 0 Å². The van der Waals surface area contributed by atoms with Gasteiger partial charge in [-0.15, -0.1) is 0 Å². The minimum absolute atomic E-state index is 0.0132. The van der Waals surface area contributed by atoms with Crippen molar-refractivity contribution < 1.29 is 4.79 Å². The summed E-state index contributed by atoms with van der Waals surface area (Å²) in [7, 11) is 0. The molecule has 0 saturated heterocycles. The second kappa shape index (κ2) is 8.49. The predicted octanol–water partition coefficient (Wildman–Crippen LogP) is 3.77. The summed E-state index contributed by atoms with van der Waals surface area (Å²) in [6, 6.07) is 16.0. The monoisotopic (exact) mass is 310 g/mol. The number of hydrogen-bond donors (Lipinski definition) is 1. The number of rotatable bonds is 7. The van der Waals surface area contributed by atoms with Crippen LogP contribution in [0.1, 0.15) is 40.9 Å². The van der Waals surface area contributed by atoms with Gasteiger partial charge in [-0.25, -0.2) is 0 Å². The summed E-state index contributed by atoms with van der Waals surface area (Å²) in [5.41, 5.74) is 4.21. The van der Waals surface area contributed by atoms with E-state index in [-0.39, 0.29) is 5.91 Å². The number of amides is 1. The Morgan fingerprint density at radius 1 is 0.957 bits per heavy atom. The SMILES string of the molecule is CCN(CC)Cc1ccccc1CNC(=O)c1ccccc1C. The molecule has 0 radical (unpaired) electrons. The second-order valence-electron chi connectivity index (χ2n) is 5.73. The van der Waals surface area contributed by atoms with Crippen molar-refractivity contribution in [2.75, 3.05) is 13.1 Å². The van der Waals surface area contributed by atoms with Crippen LogP contribution >= 0.6 is 0 Å². The maximum atomic E-state index is 12.4. The topological polar surface area (TPSA) is 32.3 Å². The smallest absolute Gasteiger partial charge is 0.251 e. The molecule has 0 spiro atoms. The van der Waals surface area contributed by atoms with Crippen LogP contribution in [0, 0.1) is 6.92 Å². The molecule has 0 aromatic heterocycles. The fourth-order valence-corrected chi connectivity index (χ4v) is 2.67. The Kier molecular flexibility index (Phi) is 6.36. The van der Waals surface area contributed by atoms with Gasteiger partial charge in [-0.2, -0.15) is 0 Å². The number of hydrogen-bond acceptors (Lipinski definition) is 2. The quantitative estimate of drug-likeness (QED) is 0.844. The fourth-order valence-electron chi connectivity index (χ4n) is 2.67. The molecule has 122 valence electrons. The summed E-state index contributed by atoms with van der Waals surface area (Å²) in [6.45, 7) is 9.84. The van der Waals surface area contributed by atoms with Crippen LogP contribution in [0.15, 0.2) is 48.5 Å². The van der Waals surface area contributed by atoms with E-state index >= 15 is 0 Å². The molecule has 2 aromatic carbocycles. The lowest BCUT2D eigenvalue weighted by Gasteiger charge is -2.20. The van der Waals surface area contributed by atoms with Crippen LogP contribution in [0.25, 0.3) is 0 Å². The summed E-state index contributed by atoms with van der Waals surface area (Å²) < 4.78 is 0. The summed E-state index contributed by atoms with van der Waals surface area (Å²) in [5.74, 6) is -0.0132. The fraction of sp³-hybridized carbons (Fsp3) is 0.350. The van der Waals surface area contributed by atoms with E-state index in [9.17, 15) is 4.79 Å². The third-order valence-corrected chi connectivity index (χ3v) is 4.24. The molecule has 0 atom stereocenters. The van der Waals surface area contributed by atoms with Gasteiger partial charge in [0.2, 0.25) is 0 Å². The van der Waals surface area contributed by atoms with E-state index in [4.69, 9.17) is 0 Å². The van der Waals surface area contributed by atoms with Gasteiger partial charge in [-0.1, -0.05) is 56.3 Å². The van der Waals surface area contributed by atoms with Crippen molar-refractivity contribution in [2.45, 2.75) is 33.9 Å². The van der Waals surface area contributed by atoms with Crippen LogP contribution < -0.4 is 5.32 Å². The van der Waals surface area contributed by atoms with Crippen LogP contribution in [0.3, 0.4) is 0 Å². The van der Waals surface area contributed by atoms with Gasteiger partial charge in [0.25, 0.3) is 5.91 Å². The van der Waals surface area contributed by atoms with E-state index in [1.807, 2.05) is 37.3 Å². The van der Waals surface area contributed by atoms with Gasteiger partial charge in [0.1, 0.15) is 0 Å². The average Bonchev–Trinajstić information content (AvgIpc) is 2.58.